The first-order valence-electron chi connectivity index (χ1n) is 3.49. The quantitative estimate of drug-likeness (QED) is 0.365. The fourth-order valence-corrected chi connectivity index (χ4v) is 1.28. The van der Waals surface area contributed by atoms with Crippen LogP contribution >= 0.6 is 0 Å². The van der Waals surface area contributed by atoms with Crippen LogP contribution in [-0.2, 0) is 19.1 Å². The summed E-state index contributed by atoms with van der Waals surface area (Å²) < 4.78 is 26.0. The average Bonchev–Trinajstić information content (AvgIpc) is 2.00. The van der Waals surface area contributed by atoms with Crippen LogP contribution in [0.4, 0.5) is 0 Å². The van der Waals surface area contributed by atoms with Gasteiger partial charge in [-0.15, -0.1) is 0 Å². The number of carbonyl (C=O) groups excluding carboxylic acids is 1. The fourth-order valence-electron chi connectivity index (χ4n) is 0.428. The molecule has 0 spiro atoms. The Labute approximate surface area is 76.1 Å². The topological polar surface area (TPSA) is 107 Å². The van der Waals surface area contributed by atoms with Gasteiger partial charge < -0.3 is 10.8 Å². The van der Waals surface area contributed by atoms with Crippen molar-refractivity contribution in [3.8, 4) is 0 Å². The van der Waals surface area contributed by atoms with Crippen molar-refractivity contribution in [2.75, 3.05) is 6.61 Å². The third kappa shape index (κ3) is 5.21. The van der Waals surface area contributed by atoms with Crippen molar-refractivity contribution in [2.45, 2.75) is 13.3 Å². The van der Waals surface area contributed by atoms with Gasteiger partial charge in [-0.1, -0.05) is 6.92 Å². The minimum atomic E-state index is -4.00. The number of aliphatic hydroxyl groups is 1. The van der Waals surface area contributed by atoms with Crippen LogP contribution in [-0.4, -0.2) is 26.0 Å². The maximum Gasteiger partial charge on any atom is 0.293 e. The van der Waals surface area contributed by atoms with E-state index < -0.39 is 21.8 Å². The van der Waals surface area contributed by atoms with E-state index in [1.807, 2.05) is 0 Å². The number of primary amides is 1. The summed E-state index contributed by atoms with van der Waals surface area (Å²) in [5, 5.41) is 8.97. The SMILES string of the molecule is CCCOS(=O)(=O)C=C(O)C(N)=O. The van der Waals surface area contributed by atoms with Crippen molar-refractivity contribution < 1.29 is 22.5 Å². The van der Waals surface area contributed by atoms with Crippen molar-refractivity contribution in [3.63, 3.8) is 0 Å². The van der Waals surface area contributed by atoms with Crippen LogP contribution in [0.3, 0.4) is 0 Å². The fraction of sp³-hybridized carbons (Fsp3) is 0.500. The first kappa shape index (κ1) is 11.9. The molecule has 7 heteroatoms. The second-order valence-electron chi connectivity index (χ2n) is 2.18. The number of aliphatic hydroxyl groups excluding tert-OH is 1. The first-order valence-corrected chi connectivity index (χ1v) is 4.96. The lowest BCUT2D eigenvalue weighted by atomic mass is 10.5. The van der Waals surface area contributed by atoms with Crippen LogP contribution in [0.1, 0.15) is 13.3 Å². The summed E-state index contributed by atoms with van der Waals surface area (Å²) in [7, 11) is -4.00. The van der Waals surface area contributed by atoms with Gasteiger partial charge in [0.2, 0.25) is 0 Å². The highest BCUT2D eigenvalue weighted by molar-refractivity contribution is 7.89. The van der Waals surface area contributed by atoms with Crippen molar-refractivity contribution >= 4 is 16.0 Å². The lowest BCUT2D eigenvalue weighted by molar-refractivity contribution is -0.116. The van der Waals surface area contributed by atoms with Gasteiger partial charge in [0.05, 0.1) is 6.61 Å². The van der Waals surface area contributed by atoms with Gasteiger partial charge in [0, 0.05) is 0 Å². The van der Waals surface area contributed by atoms with E-state index in [4.69, 9.17) is 5.11 Å². The summed E-state index contributed by atoms with van der Waals surface area (Å²) in [6.07, 6.45) is 0.504. The van der Waals surface area contributed by atoms with E-state index in [2.05, 4.69) is 9.92 Å². The van der Waals surface area contributed by atoms with Gasteiger partial charge in [0.25, 0.3) is 16.0 Å². The van der Waals surface area contributed by atoms with Gasteiger partial charge >= 0.3 is 0 Å². The van der Waals surface area contributed by atoms with E-state index in [1.54, 1.807) is 6.92 Å². The largest absolute Gasteiger partial charge is 0.502 e. The lowest BCUT2D eigenvalue weighted by Crippen LogP contribution is -2.15. The minimum absolute atomic E-state index is 0.00905. The zero-order chi connectivity index (χ0) is 10.5. The molecule has 0 saturated heterocycles. The van der Waals surface area contributed by atoms with Crippen LogP contribution in [0.25, 0.3) is 0 Å². The molecule has 0 aromatic rings. The summed E-state index contributed by atoms with van der Waals surface area (Å²) in [6.45, 7) is 1.71. The highest BCUT2D eigenvalue weighted by Crippen LogP contribution is 2.00. The van der Waals surface area contributed by atoms with Crippen LogP contribution in [0.2, 0.25) is 0 Å². The number of hydrogen-bond donors (Lipinski definition) is 2. The Balaban J connectivity index is 4.50. The predicted molar refractivity (Wildman–Crippen MR) is 45.1 cm³/mol. The number of amides is 1. The van der Waals surface area contributed by atoms with Crippen molar-refractivity contribution in [2.24, 2.45) is 5.73 Å². The number of hydrogen-bond acceptors (Lipinski definition) is 5. The molecule has 0 aromatic carbocycles. The molecule has 0 bridgehead atoms. The Morgan fingerprint density at radius 2 is 2.15 bits per heavy atom. The van der Waals surface area contributed by atoms with Crippen LogP contribution in [0.5, 0.6) is 0 Å². The van der Waals surface area contributed by atoms with E-state index in [-0.39, 0.29) is 12.0 Å². The monoisotopic (exact) mass is 209 g/mol. The summed E-state index contributed by atoms with van der Waals surface area (Å²) in [6, 6.07) is 0. The maximum absolute atomic E-state index is 10.8. The Kier molecular flexibility index (Phi) is 4.43. The molecule has 0 atom stereocenters. The molecule has 0 aliphatic heterocycles. The molecular weight excluding hydrogens is 198 g/mol. The molecule has 0 aliphatic carbocycles. The van der Waals surface area contributed by atoms with Gasteiger partial charge in [-0.3, -0.25) is 8.98 Å². The van der Waals surface area contributed by atoms with Gasteiger partial charge in [0.1, 0.15) is 5.41 Å². The zero-order valence-electron chi connectivity index (χ0n) is 7.06. The predicted octanol–water partition coefficient (Wildman–Crippen LogP) is -0.372. The summed E-state index contributed by atoms with van der Waals surface area (Å²) in [5.74, 6) is -2.26. The molecule has 0 radical (unpaired) electrons. The second kappa shape index (κ2) is 4.83. The molecule has 3 N–H and O–H groups in total. The molecule has 6 nitrogen and oxygen atoms in total. The lowest BCUT2D eigenvalue weighted by Gasteiger charge is -1.98. The van der Waals surface area contributed by atoms with E-state index >= 15 is 0 Å². The van der Waals surface area contributed by atoms with Crippen LogP contribution < -0.4 is 5.73 Å². The van der Waals surface area contributed by atoms with Gasteiger partial charge in [0.15, 0.2) is 5.76 Å². The Morgan fingerprint density at radius 3 is 2.54 bits per heavy atom. The molecule has 0 aromatic heterocycles. The number of nitrogens with two attached hydrogens (primary N) is 1. The highest BCUT2D eigenvalue weighted by atomic mass is 32.2. The molecular formula is C6H11NO5S. The molecule has 0 fully saturated rings. The van der Waals surface area contributed by atoms with Crippen molar-refractivity contribution in [1.29, 1.82) is 0 Å². The van der Waals surface area contributed by atoms with E-state index in [1.165, 1.54) is 0 Å². The molecule has 0 aliphatic rings. The van der Waals surface area contributed by atoms with Gasteiger partial charge in [-0.25, -0.2) is 0 Å². The van der Waals surface area contributed by atoms with Crippen LogP contribution in [0.15, 0.2) is 11.2 Å². The maximum atomic E-state index is 10.8. The Bertz CT molecular complexity index is 305. The molecule has 76 valence electrons. The Morgan fingerprint density at radius 1 is 1.62 bits per heavy atom. The normalized spacial score (nSPS) is 12.8. The zero-order valence-corrected chi connectivity index (χ0v) is 7.87. The highest BCUT2D eigenvalue weighted by Gasteiger charge is 2.11. The third-order valence-corrected chi connectivity index (χ3v) is 1.97. The second-order valence-corrected chi connectivity index (χ2v) is 3.64. The molecule has 0 unspecified atom stereocenters. The Hall–Kier alpha value is -1.08. The molecule has 0 saturated carbocycles. The summed E-state index contributed by atoms with van der Waals surface area (Å²) >= 11 is 0. The van der Waals surface area contributed by atoms with E-state index in [9.17, 15) is 13.2 Å². The first-order chi connectivity index (χ1) is 5.89. The smallest absolute Gasteiger partial charge is 0.293 e. The summed E-state index contributed by atoms with van der Waals surface area (Å²) in [4.78, 5) is 10.2. The summed E-state index contributed by atoms with van der Waals surface area (Å²) in [5.41, 5.74) is 4.59. The molecule has 13 heavy (non-hydrogen) atoms. The standard InChI is InChI=1S/C6H11NO5S/c1-2-3-12-13(10,11)4-5(8)6(7)9/h4,8H,2-3H2,1H3,(H2,7,9). The molecule has 0 rings (SSSR count). The van der Waals surface area contributed by atoms with Gasteiger partial charge in [-0.2, -0.15) is 8.42 Å². The minimum Gasteiger partial charge on any atom is -0.502 e. The number of carbonyl (C=O) groups is 1. The molecule has 1 amide bonds. The molecule has 0 heterocycles. The van der Waals surface area contributed by atoms with Crippen molar-refractivity contribution in [3.05, 3.63) is 11.2 Å². The van der Waals surface area contributed by atoms with Crippen LogP contribution in [0, 0.1) is 0 Å². The van der Waals surface area contributed by atoms with Crippen molar-refractivity contribution in [1.82, 2.24) is 0 Å². The van der Waals surface area contributed by atoms with Gasteiger partial charge in [-0.05, 0) is 6.42 Å². The van der Waals surface area contributed by atoms with E-state index in [0.717, 1.165) is 0 Å². The van der Waals surface area contributed by atoms with E-state index in [0.29, 0.717) is 6.42 Å². The number of rotatable bonds is 5. The average molecular weight is 209 g/mol. The third-order valence-electron chi connectivity index (χ3n) is 0.960.